The smallest absolute Gasteiger partial charge is 0.123 e. The van der Waals surface area contributed by atoms with Crippen molar-refractivity contribution in [2.75, 3.05) is 0 Å². The Kier molecular flexibility index (Phi) is 3.89. The molecule has 0 radical (unpaired) electrons. The molecule has 2 aromatic carbocycles. The van der Waals surface area contributed by atoms with Crippen LogP contribution in [0.1, 0.15) is 36.4 Å². The number of hydrogen-bond donors (Lipinski definition) is 1. The van der Waals surface area contributed by atoms with Gasteiger partial charge in [0.15, 0.2) is 0 Å². The van der Waals surface area contributed by atoms with E-state index in [0.29, 0.717) is 5.92 Å². The van der Waals surface area contributed by atoms with Crippen LogP contribution < -0.4 is 5.43 Å². The first-order valence-electron chi connectivity index (χ1n) is 8.26. The molecule has 1 aliphatic carbocycles. The molecule has 122 valence electrons. The highest BCUT2D eigenvalue weighted by molar-refractivity contribution is 6.07. The molecule has 2 aromatic rings. The van der Waals surface area contributed by atoms with Crippen LogP contribution in [0.3, 0.4) is 0 Å². The zero-order valence-corrected chi connectivity index (χ0v) is 13.2. The van der Waals surface area contributed by atoms with Crippen LogP contribution in [0.5, 0.6) is 0 Å². The van der Waals surface area contributed by atoms with Crippen molar-refractivity contribution in [2.24, 2.45) is 11.0 Å². The monoisotopic (exact) mass is 324 g/mol. The summed E-state index contributed by atoms with van der Waals surface area (Å²) < 4.78 is 26.2. The highest BCUT2D eigenvalue weighted by Crippen LogP contribution is 2.39. The Morgan fingerprint density at radius 3 is 2.33 bits per heavy atom. The summed E-state index contributed by atoms with van der Waals surface area (Å²) >= 11 is 0. The lowest BCUT2D eigenvalue weighted by Crippen LogP contribution is -2.25. The standard InChI is InChI=1S/C20H18F2N2/c21-16-8-4-13(5-9-16)12-15-2-1-3-18-19(23-24-20(15)18)14-6-10-17(22)11-7-14/h4-12,18-19,23H,1-3H2/b15-12-. The number of hydrazone groups is 1. The number of benzene rings is 2. The minimum Gasteiger partial charge on any atom is -0.302 e. The van der Waals surface area contributed by atoms with E-state index in [4.69, 9.17) is 0 Å². The zero-order chi connectivity index (χ0) is 16.5. The summed E-state index contributed by atoms with van der Waals surface area (Å²) in [5.41, 5.74) is 7.56. The minimum absolute atomic E-state index is 0.0949. The Hall–Kier alpha value is -2.49. The number of hydrogen-bond acceptors (Lipinski definition) is 2. The van der Waals surface area contributed by atoms with E-state index in [9.17, 15) is 8.78 Å². The summed E-state index contributed by atoms with van der Waals surface area (Å²) in [6.07, 6.45) is 5.23. The fourth-order valence-corrected chi connectivity index (χ4v) is 3.61. The maximum absolute atomic E-state index is 13.2. The van der Waals surface area contributed by atoms with E-state index in [0.717, 1.165) is 36.1 Å². The van der Waals surface area contributed by atoms with Gasteiger partial charge >= 0.3 is 0 Å². The van der Waals surface area contributed by atoms with Crippen LogP contribution in [0.25, 0.3) is 6.08 Å². The molecule has 0 amide bonds. The molecule has 1 N–H and O–H groups in total. The molecule has 0 aromatic heterocycles. The number of fused-ring (bicyclic) bond motifs is 1. The molecule has 1 heterocycles. The lowest BCUT2D eigenvalue weighted by Gasteiger charge is -2.26. The van der Waals surface area contributed by atoms with Gasteiger partial charge in [0.1, 0.15) is 11.6 Å². The van der Waals surface area contributed by atoms with E-state index >= 15 is 0 Å². The van der Waals surface area contributed by atoms with Gasteiger partial charge in [0.2, 0.25) is 0 Å². The molecule has 4 heteroatoms. The molecule has 0 spiro atoms. The SMILES string of the molecule is Fc1ccc(/C=C2/CCCC3C2=NNC3c2ccc(F)cc2)cc1. The van der Waals surface area contributed by atoms with Gasteiger partial charge in [-0.25, -0.2) is 8.78 Å². The predicted octanol–water partition coefficient (Wildman–Crippen LogP) is 4.85. The normalized spacial score (nSPS) is 24.4. The molecule has 2 unspecified atom stereocenters. The van der Waals surface area contributed by atoms with Crippen LogP contribution in [0.15, 0.2) is 59.2 Å². The summed E-state index contributed by atoms with van der Waals surface area (Å²) in [4.78, 5) is 0. The van der Waals surface area contributed by atoms with E-state index in [1.807, 2.05) is 12.1 Å². The second-order valence-corrected chi connectivity index (χ2v) is 6.38. The zero-order valence-electron chi connectivity index (χ0n) is 13.2. The average Bonchev–Trinajstić information content (AvgIpc) is 3.03. The van der Waals surface area contributed by atoms with Gasteiger partial charge in [-0.05, 0) is 66.3 Å². The quantitative estimate of drug-likeness (QED) is 0.839. The Morgan fingerprint density at radius 1 is 0.958 bits per heavy atom. The predicted molar refractivity (Wildman–Crippen MR) is 91.4 cm³/mol. The Morgan fingerprint density at radius 2 is 1.62 bits per heavy atom. The van der Waals surface area contributed by atoms with Crippen molar-refractivity contribution in [2.45, 2.75) is 25.3 Å². The van der Waals surface area contributed by atoms with Crippen molar-refractivity contribution in [1.82, 2.24) is 5.43 Å². The fourth-order valence-electron chi connectivity index (χ4n) is 3.61. The third-order valence-electron chi connectivity index (χ3n) is 4.81. The van der Waals surface area contributed by atoms with Gasteiger partial charge < -0.3 is 5.43 Å². The molecule has 0 saturated heterocycles. The summed E-state index contributed by atoms with van der Waals surface area (Å²) in [5, 5.41) is 4.56. The molecule has 4 rings (SSSR count). The van der Waals surface area contributed by atoms with E-state index in [-0.39, 0.29) is 17.7 Å². The summed E-state index contributed by atoms with van der Waals surface area (Å²) in [6, 6.07) is 13.2. The maximum atomic E-state index is 13.2. The molecular weight excluding hydrogens is 306 g/mol. The molecule has 2 aliphatic rings. The van der Waals surface area contributed by atoms with Gasteiger partial charge in [0, 0.05) is 5.92 Å². The third kappa shape index (κ3) is 2.84. The van der Waals surface area contributed by atoms with Crippen molar-refractivity contribution in [3.63, 3.8) is 0 Å². The number of halogens is 2. The fraction of sp³-hybridized carbons (Fsp3) is 0.250. The summed E-state index contributed by atoms with van der Waals surface area (Å²) in [6.45, 7) is 0. The van der Waals surface area contributed by atoms with E-state index in [1.54, 1.807) is 12.1 Å². The van der Waals surface area contributed by atoms with Gasteiger partial charge in [-0.1, -0.05) is 24.3 Å². The molecule has 2 nitrogen and oxygen atoms in total. The van der Waals surface area contributed by atoms with Gasteiger partial charge in [0.25, 0.3) is 0 Å². The van der Waals surface area contributed by atoms with E-state index in [1.165, 1.54) is 29.8 Å². The summed E-state index contributed by atoms with van der Waals surface area (Å²) in [7, 11) is 0. The van der Waals surface area contributed by atoms with Crippen molar-refractivity contribution >= 4 is 11.8 Å². The second kappa shape index (κ2) is 6.19. The topological polar surface area (TPSA) is 24.4 Å². The molecule has 0 bridgehead atoms. The van der Waals surface area contributed by atoms with Gasteiger partial charge in [-0.3, -0.25) is 0 Å². The second-order valence-electron chi connectivity index (χ2n) is 6.38. The van der Waals surface area contributed by atoms with Crippen LogP contribution in [0.4, 0.5) is 8.78 Å². The van der Waals surface area contributed by atoms with E-state index < -0.39 is 0 Å². The Balaban J connectivity index is 1.60. The van der Waals surface area contributed by atoms with Gasteiger partial charge in [0.05, 0.1) is 11.8 Å². The number of nitrogens with zero attached hydrogens (tertiary/aromatic N) is 1. The van der Waals surface area contributed by atoms with Gasteiger partial charge in [-0.15, -0.1) is 0 Å². The van der Waals surface area contributed by atoms with Crippen LogP contribution in [0.2, 0.25) is 0 Å². The maximum Gasteiger partial charge on any atom is 0.123 e. The lowest BCUT2D eigenvalue weighted by atomic mass is 9.78. The van der Waals surface area contributed by atoms with Crippen molar-refractivity contribution in [3.8, 4) is 0 Å². The van der Waals surface area contributed by atoms with Crippen molar-refractivity contribution < 1.29 is 8.78 Å². The molecule has 1 fully saturated rings. The number of allylic oxidation sites excluding steroid dienone is 1. The van der Waals surface area contributed by atoms with Crippen molar-refractivity contribution in [1.29, 1.82) is 0 Å². The third-order valence-corrected chi connectivity index (χ3v) is 4.81. The lowest BCUT2D eigenvalue weighted by molar-refractivity contribution is 0.450. The summed E-state index contributed by atoms with van der Waals surface area (Å²) in [5.74, 6) is -0.149. The molecule has 2 atom stereocenters. The first kappa shape index (κ1) is 15.1. The van der Waals surface area contributed by atoms with Crippen LogP contribution >= 0.6 is 0 Å². The molecule has 1 saturated carbocycles. The Bertz CT molecular complexity index is 791. The number of nitrogens with one attached hydrogen (secondary N) is 1. The van der Waals surface area contributed by atoms with Crippen LogP contribution in [-0.2, 0) is 0 Å². The largest absolute Gasteiger partial charge is 0.302 e. The van der Waals surface area contributed by atoms with Crippen LogP contribution in [0, 0.1) is 17.6 Å². The first-order valence-corrected chi connectivity index (χ1v) is 8.26. The first-order chi connectivity index (χ1) is 11.7. The molecular formula is C20H18F2N2. The van der Waals surface area contributed by atoms with Crippen molar-refractivity contribution in [3.05, 3.63) is 76.9 Å². The average molecular weight is 324 g/mol. The Labute approximate surface area is 139 Å². The highest BCUT2D eigenvalue weighted by atomic mass is 19.1. The minimum atomic E-state index is -0.227. The number of rotatable bonds is 2. The molecule has 1 aliphatic heterocycles. The van der Waals surface area contributed by atoms with E-state index in [2.05, 4.69) is 16.6 Å². The highest BCUT2D eigenvalue weighted by Gasteiger charge is 2.36. The van der Waals surface area contributed by atoms with Crippen LogP contribution in [-0.4, -0.2) is 5.71 Å². The van der Waals surface area contributed by atoms with Gasteiger partial charge in [-0.2, -0.15) is 5.10 Å². The molecule has 24 heavy (non-hydrogen) atoms.